The average molecular weight is 414 g/mol. The van der Waals surface area contributed by atoms with Crippen LogP contribution in [0.4, 0.5) is 0 Å². The van der Waals surface area contributed by atoms with Crippen LogP contribution in [0.5, 0.6) is 0 Å². The van der Waals surface area contributed by atoms with Crippen molar-refractivity contribution in [3.8, 4) is 0 Å². The van der Waals surface area contributed by atoms with Crippen LogP contribution < -0.4 is 10.6 Å². The molecule has 158 valence electrons. The van der Waals surface area contributed by atoms with Crippen LogP contribution in [0.15, 0.2) is 66.7 Å². The number of hydrogen-bond donors (Lipinski definition) is 2. The molecule has 0 saturated carbocycles. The molecule has 5 rings (SSSR count). The molecule has 1 aliphatic carbocycles. The van der Waals surface area contributed by atoms with Gasteiger partial charge in [-0.05, 0) is 46.4 Å². The van der Waals surface area contributed by atoms with E-state index < -0.39 is 6.04 Å². The quantitative estimate of drug-likeness (QED) is 0.676. The standard InChI is InChI=1S/C26H27N3O2/c30-25(28-23-14-21-7-3-4-8-22(21)15-23)16-24-26(31)27-11-12-29(24)17-18-9-10-19-5-1-2-6-20(19)13-18/h1-10,13,23-24H,11-12,14-17H2,(H,27,31)(H,28,30)/t24-/m1/s1. The molecular formula is C26H27N3O2. The lowest BCUT2D eigenvalue weighted by Gasteiger charge is -2.35. The topological polar surface area (TPSA) is 61.4 Å². The maximum Gasteiger partial charge on any atom is 0.237 e. The van der Waals surface area contributed by atoms with Crippen molar-refractivity contribution >= 4 is 22.6 Å². The summed E-state index contributed by atoms with van der Waals surface area (Å²) >= 11 is 0. The molecule has 5 nitrogen and oxygen atoms in total. The first kappa shape index (κ1) is 19.8. The number of piperazine rings is 1. The molecule has 1 heterocycles. The highest BCUT2D eigenvalue weighted by atomic mass is 16.2. The predicted molar refractivity (Wildman–Crippen MR) is 122 cm³/mol. The van der Waals surface area contributed by atoms with E-state index in [9.17, 15) is 9.59 Å². The van der Waals surface area contributed by atoms with Crippen LogP contribution in [-0.2, 0) is 29.0 Å². The predicted octanol–water partition coefficient (Wildman–Crippen LogP) is 2.81. The SMILES string of the molecule is O=C(C[C@@H]1C(=O)NCCN1Cc1ccc2ccccc2c1)NC1Cc2ccccc2C1. The van der Waals surface area contributed by atoms with Crippen molar-refractivity contribution < 1.29 is 9.59 Å². The van der Waals surface area contributed by atoms with Crippen molar-refractivity contribution in [3.05, 3.63) is 83.4 Å². The molecule has 1 atom stereocenters. The Hall–Kier alpha value is -3.18. The van der Waals surface area contributed by atoms with E-state index >= 15 is 0 Å². The molecule has 1 fully saturated rings. The van der Waals surface area contributed by atoms with Crippen LogP contribution in [0.1, 0.15) is 23.1 Å². The number of carbonyl (C=O) groups excluding carboxylic acids is 2. The van der Waals surface area contributed by atoms with E-state index in [4.69, 9.17) is 0 Å². The summed E-state index contributed by atoms with van der Waals surface area (Å²) in [7, 11) is 0. The maximum atomic E-state index is 12.8. The van der Waals surface area contributed by atoms with Crippen LogP contribution in [0, 0.1) is 0 Å². The number of nitrogens with one attached hydrogen (secondary N) is 2. The van der Waals surface area contributed by atoms with Gasteiger partial charge in [0.05, 0.1) is 12.5 Å². The van der Waals surface area contributed by atoms with E-state index in [-0.39, 0.29) is 24.3 Å². The van der Waals surface area contributed by atoms with Gasteiger partial charge < -0.3 is 10.6 Å². The summed E-state index contributed by atoms with van der Waals surface area (Å²) in [5.41, 5.74) is 3.77. The average Bonchev–Trinajstić information content (AvgIpc) is 3.18. The summed E-state index contributed by atoms with van der Waals surface area (Å²) in [6.45, 7) is 2.01. The second kappa shape index (κ2) is 8.52. The largest absolute Gasteiger partial charge is 0.353 e. The first-order valence-electron chi connectivity index (χ1n) is 11.0. The van der Waals surface area contributed by atoms with Crippen LogP contribution in [0.25, 0.3) is 10.8 Å². The number of rotatable bonds is 5. The second-order valence-electron chi connectivity index (χ2n) is 8.60. The first-order valence-corrected chi connectivity index (χ1v) is 11.0. The normalized spacial score (nSPS) is 19.2. The highest BCUT2D eigenvalue weighted by Gasteiger charge is 2.32. The molecule has 2 N–H and O–H groups in total. The third-order valence-corrected chi connectivity index (χ3v) is 6.44. The minimum absolute atomic E-state index is 0.0524. The zero-order valence-corrected chi connectivity index (χ0v) is 17.5. The van der Waals surface area contributed by atoms with Gasteiger partial charge in [0.1, 0.15) is 0 Å². The van der Waals surface area contributed by atoms with Gasteiger partial charge in [-0.15, -0.1) is 0 Å². The van der Waals surface area contributed by atoms with Gasteiger partial charge >= 0.3 is 0 Å². The van der Waals surface area contributed by atoms with Crippen molar-refractivity contribution in [1.29, 1.82) is 0 Å². The Morgan fingerprint density at radius 1 is 0.968 bits per heavy atom. The summed E-state index contributed by atoms with van der Waals surface area (Å²) in [5, 5.41) is 8.48. The number of hydrogen-bond acceptors (Lipinski definition) is 3. The zero-order valence-electron chi connectivity index (χ0n) is 17.5. The number of nitrogens with zero attached hydrogens (tertiary/aromatic N) is 1. The molecule has 0 aromatic heterocycles. The van der Waals surface area contributed by atoms with E-state index in [1.165, 1.54) is 21.9 Å². The van der Waals surface area contributed by atoms with Crippen LogP contribution in [0.2, 0.25) is 0 Å². The third kappa shape index (κ3) is 4.32. The molecule has 0 spiro atoms. The minimum Gasteiger partial charge on any atom is -0.353 e. The van der Waals surface area contributed by atoms with Gasteiger partial charge in [0, 0.05) is 25.7 Å². The molecule has 0 radical (unpaired) electrons. The summed E-state index contributed by atoms with van der Waals surface area (Å²) in [6.07, 6.45) is 1.91. The Morgan fingerprint density at radius 2 is 1.68 bits per heavy atom. The zero-order chi connectivity index (χ0) is 21.2. The molecular weight excluding hydrogens is 386 g/mol. The van der Waals surface area contributed by atoms with Crippen molar-refractivity contribution in [2.24, 2.45) is 0 Å². The molecule has 2 amide bonds. The van der Waals surface area contributed by atoms with Crippen molar-refractivity contribution in [2.75, 3.05) is 13.1 Å². The van der Waals surface area contributed by atoms with E-state index in [1.807, 2.05) is 24.3 Å². The maximum absolute atomic E-state index is 12.8. The second-order valence-corrected chi connectivity index (χ2v) is 8.60. The van der Waals surface area contributed by atoms with E-state index in [0.29, 0.717) is 13.1 Å². The van der Waals surface area contributed by atoms with Gasteiger partial charge in [-0.3, -0.25) is 14.5 Å². The monoisotopic (exact) mass is 413 g/mol. The van der Waals surface area contributed by atoms with Gasteiger partial charge in [-0.25, -0.2) is 0 Å². The highest BCUT2D eigenvalue weighted by Crippen LogP contribution is 2.23. The molecule has 0 bridgehead atoms. The van der Waals surface area contributed by atoms with Crippen LogP contribution >= 0.6 is 0 Å². The number of amides is 2. The highest BCUT2D eigenvalue weighted by molar-refractivity contribution is 5.89. The molecule has 3 aromatic carbocycles. The smallest absolute Gasteiger partial charge is 0.237 e. The number of fused-ring (bicyclic) bond motifs is 2. The lowest BCUT2D eigenvalue weighted by Crippen LogP contribution is -2.56. The van der Waals surface area contributed by atoms with Crippen LogP contribution in [-0.4, -0.2) is 41.9 Å². The van der Waals surface area contributed by atoms with Crippen molar-refractivity contribution in [3.63, 3.8) is 0 Å². The Balaban J connectivity index is 1.25. The fraction of sp³-hybridized carbons (Fsp3) is 0.308. The lowest BCUT2D eigenvalue weighted by atomic mass is 10.0. The molecule has 31 heavy (non-hydrogen) atoms. The van der Waals surface area contributed by atoms with Gasteiger partial charge in [-0.2, -0.15) is 0 Å². The Bertz CT molecular complexity index is 1100. The summed E-state index contributed by atoms with van der Waals surface area (Å²) in [4.78, 5) is 27.6. The minimum atomic E-state index is -0.441. The molecule has 5 heteroatoms. The fourth-order valence-corrected chi connectivity index (χ4v) is 4.87. The first-order chi connectivity index (χ1) is 15.2. The van der Waals surface area contributed by atoms with Gasteiger partial charge in [0.2, 0.25) is 11.8 Å². The molecule has 1 saturated heterocycles. The molecule has 3 aromatic rings. The summed E-state index contributed by atoms with van der Waals surface area (Å²) in [5.74, 6) is -0.111. The molecule has 0 unspecified atom stereocenters. The van der Waals surface area contributed by atoms with Gasteiger partial charge in [0.15, 0.2) is 0 Å². The van der Waals surface area contributed by atoms with Gasteiger partial charge in [0.25, 0.3) is 0 Å². The summed E-state index contributed by atoms with van der Waals surface area (Å²) < 4.78 is 0. The number of benzene rings is 3. The van der Waals surface area contributed by atoms with Gasteiger partial charge in [-0.1, -0.05) is 60.7 Å². The Kier molecular flexibility index (Phi) is 5.43. The number of carbonyl (C=O) groups is 2. The van der Waals surface area contributed by atoms with Crippen molar-refractivity contribution in [2.45, 2.75) is 37.9 Å². The molecule has 1 aliphatic heterocycles. The van der Waals surface area contributed by atoms with Crippen LogP contribution in [0.3, 0.4) is 0 Å². The lowest BCUT2D eigenvalue weighted by molar-refractivity contribution is -0.134. The fourth-order valence-electron chi connectivity index (χ4n) is 4.87. The Labute approximate surface area is 182 Å². The molecule has 2 aliphatic rings. The van der Waals surface area contributed by atoms with E-state index in [2.05, 4.69) is 58.0 Å². The summed E-state index contributed by atoms with van der Waals surface area (Å²) in [6, 6.07) is 22.7. The van der Waals surface area contributed by atoms with E-state index in [0.717, 1.165) is 24.9 Å². The van der Waals surface area contributed by atoms with E-state index in [1.54, 1.807) is 0 Å². The Morgan fingerprint density at radius 3 is 2.45 bits per heavy atom. The van der Waals surface area contributed by atoms with Crippen molar-refractivity contribution in [1.82, 2.24) is 15.5 Å². The third-order valence-electron chi connectivity index (χ3n) is 6.44.